The van der Waals surface area contributed by atoms with E-state index in [0.717, 1.165) is 17.9 Å². The first kappa shape index (κ1) is 18.5. The molecule has 2 heterocycles. The number of para-hydroxylation sites is 1. The lowest BCUT2D eigenvalue weighted by Crippen LogP contribution is -2.39. The Balaban J connectivity index is 1.71. The fraction of sp³-hybridized carbons (Fsp3) is 0.471. The van der Waals surface area contributed by atoms with Crippen molar-refractivity contribution in [3.8, 4) is 0 Å². The van der Waals surface area contributed by atoms with Crippen molar-refractivity contribution < 1.29 is 13.3 Å². The zero-order valence-corrected chi connectivity index (χ0v) is 15.6. The van der Waals surface area contributed by atoms with Crippen molar-refractivity contribution in [2.75, 3.05) is 13.1 Å². The van der Waals surface area contributed by atoms with E-state index in [1.807, 2.05) is 24.6 Å². The fourth-order valence-corrected chi connectivity index (χ4v) is 5.03. The summed E-state index contributed by atoms with van der Waals surface area (Å²) in [5, 5.41) is 15.6. The van der Waals surface area contributed by atoms with E-state index < -0.39 is 14.9 Å². The zero-order chi connectivity index (χ0) is 18.9. The summed E-state index contributed by atoms with van der Waals surface area (Å²) >= 11 is 0. The van der Waals surface area contributed by atoms with Crippen LogP contribution in [0.15, 0.2) is 35.2 Å². The van der Waals surface area contributed by atoms with E-state index in [2.05, 4.69) is 5.10 Å². The van der Waals surface area contributed by atoms with Gasteiger partial charge in [-0.2, -0.15) is 9.40 Å². The first-order valence-corrected chi connectivity index (χ1v) is 9.97. The standard InChI is InChI=1S/C17H22N4O4S/c1-13-11-14(2)20(18-13)12-15-7-9-19(10-8-15)26(24,25)17-6-4-3-5-16(17)21(22)23/h3-6,11,15H,7-10,12H2,1-2H3. The minimum atomic E-state index is -3.87. The molecule has 1 aromatic heterocycles. The Bertz CT molecular complexity index is 915. The molecule has 0 amide bonds. The lowest BCUT2D eigenvalue weighted by Gasteiger charge is -2.31. The summed E-state index contributed by atoms with van der Waals surface area (Å²) < 4.78 is 29.0. The molecule has 26 heavy (non-hydrogen) atoms. The minimum absolute atomic E-state index is 0.234. The van der Waals surface area contributed by atoms with Gasteiger partial charge < -0.3 is 0 Å². The number of hydrogen-bond acceptors (Lipinski definition) is 5. The van der Waals surface area contributed by atoms with Crippen molar-refractivity contribution in [2.45, 2.75) is 38.1 Å². The van der Waals surface area contributed by atoms with Crippen LogP contribution in [0, 0.1) is 29.9 Å². The van der Waals surface area contributed by atoms with Crippen molar-refractivity contribution in [1.82, 2.24) is 14.1 Å². The number of rotatable bonds is 5. The van der Waals surface area contributed by atoms with Crippen LogP contribution in [0.5, 0.6) is 0 Å². The molecule has 9 heteroatoms. The Hall–Kier alpha value is -2.26. The molecule has 0 radical (unpaired) electrons. The maximum absolute atomic E-state index is 12.8. The predicted octanol–water partition coefficient (Wildman–Crippen LogP) is 2.51. The highest BCUT2D eigenvalue weighted by atomic mass is 32.2. The van der Waals surface area contributed by atoms with E-state index >= 15 is 0 Å². The lowest BCUT2D eigenvalue weighted by atomic mass is 9.98. The van der Waals surface area contributed by atoms with Crippen LogP contribution in [0.4, 0.5) is 5.69 Å². The summed E-state index contributed by atoms with van der Waals surface area (Å²) in [7, 11) is -3.87. The highest BCUT2D eigenvalue weighted by molar-refractivity contribution is 7.89. The lowest BCUT2D eigenvalue weighted by molar-refractivity contribution is -0.387. The van der Waals surface area contributed by atoms with Gasteiger partial charge in [-0.3, -0.25) is 14.8 Å². The summed E-state index contributed by atoms with van der Waals surface area (Å²) in [6.45, 7) is 5.44. The Morgan fingerprint density at radius 1 is 1.23 bits per heavy atom. The summed E-state index contributed by atoms with van der Waals surface area (Å²) in [5.74, 6) is 0.338. The molecule has 1 aliphatic rings. The Morgan fingerprint density at radius 2 is 1.88 bits per heavy atom. The Morgan fingerprint density at radius 3 is 2.46 bits per heavy atom. The van der Waals surface area contributed by atoms with Crippen molar-refractivity contribution >= 4 is 15.7 Å². The third-order valence-corrected chi connectivity index (χ3v) is 6.73. The maximum atomic E-state index is 12.8. The van der Waals surface area contributed by atoms with Crippen LogP contribution < -0.4 is 0 Å². The molecule has 0 unspecified atom stereocenters. The smallest absolute Gasteiger partial charge is 0.269 e. The molecule has 0 saturated carbocycles. The van der Waals surface area contributed by atoms with Crippen LogP contribution in [0.1, 0.15) is 24.2 Å². The van der Waals surface area contributed by atoms with E-state index in [-0.39, 0.29) is 10.6 Å². The summed E-state index contributed by atoms with van der Waals surface area (Å²) in [6.07, 6.45) is 1.41. The van der Waals surface area contributed by atoms with Crippen molar-refractivity contribution in [3.63, 3.8) is 0 Å². The van der Waals surface area contributed by atoms with Crippen molar-refractivity contribution in [1.29, 1.82) is 0 Å². The number of aryl methyl sites for hydroxylation is 2. The SMILES string of the molecule is Cc1cc(C)n(CC2CCN(S(=O)(=O)c3ccccc3[N+](=O)[O-])CC2)n1. The van der Waals surface area contributed by atoms with Gasteiger partial charge in [-0.05, 0) is 44.7 Å². The fourth-order valence-electron chi connectivity index (χ4n) is 3.40. The molecule has 1 aliphatic heterocycles. The largest absolute Gasteiger partial charge is 0.289 e. The second-order valence-corrected chi connectivity index (χ2v) is 8.59. The second kappa shape index (κ2) is 7.16. The van der Waals surface area contributed by atoms with E-state index in [9.17, 15) is 18.5 Å². The molecule has 1 aromatic carbocycles. The van der Waals surface area contributed by atoms with E-state index in [4.69, 9.17) is 0 Å². The highest BCUT2D eigenvalue weighted by Gasteiger charge is 2.34. The van der Waals surface area contributed by atoms with Crippen LogP contribution in [0.3, 0.4) is 0 Å². The molecule has 8 nitrogen and oxygen atoms in total. The molecule has 0 spiro atoms. The van der Waals surface area contributed by atoms with Gasteiger partial charge in [-0.1, -0.05) is 12.1 Å². The first-order valence-electron chi connectivity index (χ1n) is 8.53. The van der Waals surface area contributed by atoms with Crippen LogP contribution in [0.2, 0.25) is 0 Å². The van der Waals surface area contributed by atoms with Gasteiger partial charge in [0.25, 0.3) is 5.69 Å². The summed E-state index contributed by atoms with van der Waals surface area (Å²) in [5.41, 5.74) is 1.69. The van der Waals surface area contributed by atoms with Crippen LogP contribution in [-0.4, -0.2) is 40.5 Å². The normalized spacial score (nSPS) is 16.7. The van der Waals surface area contributed by atoms with Crippen LogP contribution in [0.25, 0.3) is 0 Å². The number of benzene rings is 1. The van der Waals surface area contributed by atoms with E-state index in [1.165, 1.54) is 28.6 Å². The van der Waals surface area contributed by atoms with E-state index in [1.54, 1.807) is 0 Å². The molecule has 0 bridgehead atoms. The van der Waals surface area contributed by atoms with E-state index in [0.29, 0.717) is 31.8 Å². The number of aromatic nitrogens is 2. The third kappa shape index (κ3) is 3.63. The summed E-state index contributed by atoms with van der Waals surface area (Å²) in [6, 6.07) is 7.53. The molecule has 0 aliphatic carbocycles. The Kier molecular flexibility index (Phi) is 5.10. The van der Waals surface area contributed by atoms with Gasteiger partial charge in [-0.15, -0.1) is 0 Å². The quantitative estimate of drug-likeness (QED) is 0.588. The number of piperidine rings is 1. The number of nitro benzene ring substituents is 1. The number of nitro groups is 1. The maximum Gasteiger partial charge on any atom is 0.289 e. The predicted molar refractivity (Wildman–Crippen MR) is 96.3 cm³/mol. The minimum Gasteiger partial charge on any atom is -0.269 e. The summed E-state index contributed by atoms with van der Waals surface area (Å²) in [4.78, 5) is 10.3. The molecule has 1 saturated heterocycles. The van der Waals surface area contributed by atoms with Gasteiger partial charge >= 0.3 is 0 Å². The van der Waals surface area contributed by atoms with Gasteiger partial charge in [0.1, 0.15) is 0 Å². The second-order valence-electron chi connectivity index (χ2n) is 6.68. The monoisotopic (exact) mass is 378 g/mol. The average Bonchev–Trinajstić information content (AvgIpc) is 2.92. The molecule has 1 fully saturated rings. The average molecular weight is 378 g/mol. The van der Waals surface area contributed by atoms with Gasteiger partial charge in [0, 0.05) is 31.4 Å². The van der Waals surface area contributed by atoms with Gasteiger partial charge in [0.05, 0.1) is 10.6 Å². The molecule has 0 atom stereocenters. The first-order chi connectivity index (χ1) is 12.3. The molecule has 2 aromatic rings. The van der Waals surface area contributed by atoms with Crippen molar-refractivity contribution in [3.05, 3.63) is 51.8 Å². The van der Waals surface area contributed by atoms with Crippen LogP contribution >= 0.6 is 0 Å². The highest BCUT2D eigenvalue weighted by Crippen LogP contribution is 2.29. The Labute approximate surface area is 152 Å². The molecule has 3 rings (SSSR count). The molecular formula is C17H22N4O4S. The zero-order valence-electron chi connectivity index (χ0n) is 14.8. The topological polar surface area (TPSA) is 98.3 Å². The van der Waals surface area contributed by atoms with Crippen molar-refractivity contribution in [2.24, 2.45) is 5.92 Å². The van der Waals surface area contributed by atoms with Gasteiger partial charge in [-0.25, -0.2) is 8.42 Å². The molecule has 140 valence electrons. The number of hydrogen-bond donors (Lipinski definition) is 0. The third-order valence-electron chi connectivity index (χ3n) is 4.79. The molecular weight excluding hydrogens is 356 g/mol. The number of nitrogens with zero attached hydrogens (tertiary/aromatic N) is 4. The van der Waals surface area contributed by atoms with Crippen LogP contribution in [-0.2, 0) is 16.6 Å². The number of sulfonamides is 1. The van der Waals surface area contributed by atoms with Gasteiger partial charge in [0.2, 0.25) is 10.0 Å². The molecule has 0 N–H and O–H groups in total. The van der Waals surface area contributed by atoms with Gasteiger partial charge in [0.15, 0.2) is 4.90 Å².